The molecule has 2 aromatic carbocycles. The van der Waals surface area contributed by atoms with Gasteiger partial charge in [-0.15, -0.1) is 0 Å². The molecule has 0 unspecified atom stereocenters. The van der Waals surface area contributed by atoms with Crippen LogP contribution in [0.2, 0.25) is 0 Å². The summed E-state index contributed by atoms with van der Waals surface area (Å²) in [6.07, 6.45) is 3.42. The van der Waals surface area contributed by atoms with Crippen molar-refractivity contribution in [3.05, 3.63) is 63.5 Å². The summed E-state index contributed by atoms with van der Waals surface area (Å²) in [4.78, 5) is 31.9. The van der Waals surface area contributed by atoms with E-state index < -0.39 is 5.69 Å². The van der Waals surface area contributed by atoms with Gasteiger partial charge in [0.2, 0.25) is 5.91 Å². The number of benzene rings is 2. The number of amides is 1. The SMILES string of the molecule is O=C(Cn1c(=O)nc(N2CCCCC2)c2ccccc21)Nc1cccc(Br)c1. The number of nitrogens with zero attached hydrogens (tertiary/aromatic N) is 3. The molecule has 0 aliphatic carbocycles. The monoisotopic (exact) mass is 440 g/mol. The fourth-order valence-electron chi connectivity index (χ4n) is 3.62. The van der Waals surface area contributed by atoms with Gasteiger partial charge in [-0.25, -0.2) is 4.79 Å². The highest BCUT2D eigenvalue weighted by atomic mass is 79.9. The van der Waals surface area contributed by atoms with Gasteiger partial charge in [0.25, 0.3) is 0 Å². The quantitative estimate of drug-likeness (QED) is 0.669. The molecule has 1 saturated heterocycles. The van der Waals surface area contributed by atoms with Gasteiger partial charge >= 0.3 is 5.69 Å². The highest BCUT2D eigenvalue weighted by molar-refractivity contribution is 9.10. The number of nitrogens with one attached hydrogen (secondary N) is 1. The molecule has 144 valence electrons. The molecule has 0 spiro atoms. The average Bonchev–Trinajstić information content (AvgIpc) is 2.70. The van der Waals surface area contributed by atoms with E-state index in [2.05, 4.69) is 31.1 Å². The molecule has 0 saturated carbocycles. The van der Waals surface area contributed by atoms with Gasteiger partial charge in [-0.2, -0.15) is 4.98 Å². The number of aromatic nitrogens is 2. The van der Waals surface area contributed by atoms with Crippen molar-refractivity contribution in [3.63, 3.8) is 0 Å². The number of hydrogen-bond acceptors (Lipinski definition) is 4. The van der Waals surface area contributed by atoms with E-state index >= 15 is 0 Å². The number of piperidine rings is 1. The molecule has 0 atom stereocenters. The zero-order chi connectivity index (χ0) is 19.5. The first kappa shape index (κ1) is 18.7. The van der Waals surface area contributed by atoms with E-state index in [-0.39, 0.29) is 12.5 Å². The van der Waals surface area contributed by atoms with Crippen LogP contribution in [0.15, 0.2) is 57.8 Å². The molecular formula is C21H21BrN4O2. The van der Waals surface area contributed by atoms with Crippen molar-refractivity contribution < 1.29 is 4.79 Å². The van der Waals surface area contributed by atoms with Crippen LogP contribution in [0, 0.1) is 0 Å². The van der Waals surface area contributed by atoms with Crippen molar-refractivity contribution in [2.24, 2.45) is 0 Å². The second-order valence-electron chi connectivity index (χ2n) is 6.93. The smallest absolute Gasteiger partial charge is 0.350 e. The minimum absolute atomic E-state index is 0.0842. The third-order valence-corrected chi connectivity index (χ3v) is 5.43. The standard InChI is InChI=1S/C21H21BrN4O2/c22-15-7-6-8-16(13-15)23-19(27)14-26-18-10-3-2-9-17(18)20(24-21(26)28)25-11-4-1-5-12-25/h2-3,6-10,13H,1,4-5,11-12,14H2,(H,23,27). The van der Waals surface area contributed by atoms with E-state index in [1.54, 1.807) is 6.07 Å². The minimum Gasteiger partial charge on any atom is -0.356 e. The molecule has 0 bridgehead atoms. The molecule has 2 heterocycles. The molecule has 1 aliphatic heterocycles. The predicted molar refractivity (Wildman–Crippen MR) is 115 cm³/mol. The first-order chi connectivity index (χ1) is 13.6. The number of carbonyl (C=O) groups is 1. The molecule has 7 heteroatoms. The van der Waals surface area contributed by atoms with Gasteiger partial charge in [0.15, 0.2) is 0 Å². The van der Waals surface area contributed by atoms with Crippen molar-refractivity contribution in [2.45, 2.75) is 25.8 Å². The van der Waals surface area contributed by atoms with Gasteiger partial charge in [-0.1, -0.05) is 34.1 Å². The molecule has 1 fully saturated rings. The van der Waals surface area contributed by atoms with Gasteiger partial charge in [-0.3, -0.25) is 9.36 Å². The second kappa shape index (κ2) is 8.14. The third-order valence-electron chi connectivity index (χ3n) is 4.93. The van der Waals surface area contributed by atoms with Crippen LogP contribution in [0.5, 0.6) is 0 Å². The number of halogens is 1. The van der Waals surface area contributed by atoms with Crippen molar-refractivity contribution >= 4 is 44.2 Å². The zero-order valence-corrected chi connectivity index (χ0v) is 17.0. The van der Waals surface area contributed by atoms with Crippen LogP contribution in [-0.2, 0) is 11.3 Å². The lowest BCUT2D eigenvalue weighted by atomic mass is 10.1. The number of para-hydroxylation sites is 1. The lowest BCUT2D eigenvalue weighted by molar-refractivity contribution is -0.116. The van der Waals surface area contributed by atoms with E-state index in [1.807, 2.05) is 42.5 Å². The Balaban J connectivity index is 1.66. The van der Waals surface area contributed by atoms with Gasteiger partial charge < -0.3 is 10.2 Å². The highest BCUT2D eigenvalue weighted by Crippen LogP contribution is 2.25. The molecule has 4 rings (SSSR count). The van der Waals surface area contributed by atoms with Gasteiger partial charge in [0.05, 0.1) is 5.52 Å². The molecule has 1 aliphatic rings. The van der Waals surface area contributed by atoms with E-state index in [9.17, 15) is 9.59 Å². The predicted octanol–water partition coefficient (Wildman–Crippen LogP) is 3.79. The average molecular weight is 441 g/mol. The van der Waals surface area contributed by atoms with Crippen molar-refractivity contribution in [1.29, 1.82) is 0 Å². The van der Waals surface area contributed by atoms with Crippen LogP contribution in [-0.4, -0.2) is 28.5 Å². The lowest BCUT2D eigenvalue weighted by Gasteiger charge is -2.28. The summed E-state index contributed by atoms with van der Waals surface area (Å²) in [6, 6.07) is 15.0. The Bertz CT molecular complexity index is 1070. The summed E-state index contributed by atoms with van der Waals surface area (Å²) in [5.74, 6) is 0.460. The van der Waals surface area contributed by atoms with Crippen LogP contribution in [0.25, 0.3) is 10.9 Å². The molecule has 1 N–H and O–H groups in total. The summed E-state index contributed by atoms with van der Waals surface area (Å²) < 4.78 is 2.32. The molecule has 28 heavy (non-hydrogen) atoms. The van der Waals surface area contributed by atoms with E-state index in [0.717, 1.165) is 47.1 Å². The van der Waals surface area contributed by atoms with E-state index in [4.69, 9.17) is 0 Å². The van der Waals surface area contributed by atoms with E-state index in [0.29, 0.717) is 5.69 Å². The molecule has 3 aromatic rings. The minimum atomic E-state index is -0.399. The Kier molecular flexibility index (Phi) is 5.43. The number of carbonyl (C=O) groups excluding carboxylic acids is 1. The Morgan fingerprint density at radius 2 is 1.86 bits per heavy atom. The van der Waals surface area contributed by atoms with Crippen LogP contribution < -0.4 is 15.9 Å². The van der Waals surface area contributed by atoms with Crippen LogP contribution in [0.1, 0.15) is 19.3 Å². The lowest BCUT2D eigenvalue weighted by Crippen LogP contribution is -2.35. The van der Waals surface area contributed by atoms with Gasteiger partial charge in [-0.05, 0) is 49.6 Å². The molecule has 0 radical (unpaired) electrons. The summed E-state index contributed by atoms with van der Waals surface area (Å²) in [5.41, 5.74) is 1.01. The summed E-state index contributed by atoms with van der Waals surface area (Å²) in [5, 5.41) is 3.74. The summed E-state index contributed by atoms with van der Waals surface area (Å²) in [7, 11) is 0. The Morgan fingerprint density at radius 3 is 2.64 bits per heavy atom. The Labute approximate surface area is 171 Å². The molecule has 1 amide bonds. The highest BCUT2D eigenvalue weighted by Gasteiger charge is 2.19. The number of hydrogen-bond donors (Lipinski definition) is 1. The second-order valence-corrected chi connectivity index (χ2v) is 7.84. The maximum Gasteiger partial charge on any atom is 0.350 e. The van der Waals surface area contributed by atoms with Crippen molar-refractivity contribution in [3.8, 4) is 0 Å². The van der Waals surface area contributed by atoms with Crippen LogP contribution in [0.3, 0.4) is 0 Å². The fourth-order valence-corrected chi connectivity index (χ4v) is 4.02. The van der Waals surface area contributed by atoms with E-state index in [1.165, 1.54) is 11.0 Å². The number of fused-ring (bicyclic) bond motifs is 1. The zero-order valence-electron chi connectivity index (χ0n) is 15.4. The molecular weight excluding hydrogens is 420 g/mol. The number of rotatable bonds is 4. The Morgan fingerprint density at radius 1 is 1.07 bits per heavy atom. The fraction of sp³-hybridized carbons (Fsp3) is 0.286. The third kappa shape index (κ3) is 3.94. The van der Waals surface area contributed by atoms with Crippen molar-refractivity contribution in [2.75, 3.05) is 23.3 Å². The molecule has 1 aromatic heterocycles. The summed E-state index contributed by atoms with van der Waals surface area (Å²) >= 11 is 3.39. The molecule has 6 nitrogen and oxygen atoms in total. The maximum absolute atomic E-state index is 12.8. The Hall–Kier alpha value is -2.67. The first-order valence-corrected chi connectivity index (χ1v) is 10.2. The topological polar surface area (TPSA) is 67.2 Å². The number of anilines is 2. The summed E-state index contributed by atoms with van der Waals surface area (Å²) in [6.45, 7) is 1.73. The van der Waals surface area contributed by atoms with Crippen LogP contribution in [0.4, 0.5) is 11.5 Å². The largest absolute Gasteiger partial charge is 0.356 e. The first-order valence-electron chi connectivity index (χ1n) is 9.42. The van der Waals surface area contributed by atoms with Gasteiger partial charge in [0, 0.05) is 28.6 Å². The van der Waals surface area contributed by atoms with Gasteiger partial charge in [0.1, 0.15) is 12.4 Å². The maximum atomic E-state index is 12.8. The van der Waals surface area contributed by atoms with Crippen molar-refractivity contribution in [1.82, 2.24) is 9.55 Å². The van der Waals surface area contributed by atoms with Crippen LogP contribution >= 0.6 is 15.9 Å². The normalized spacial score (nSPS) is 14.2.